The first-order chi connectivity index (χ1) is 24.8. The second kappa shape index (κ2) is 16.0. The van der Waals surface area contributed by atoms with Gasteiger partial charge in [-0.1, -0.05) is 108 Å². The lowest BCUT2D eigenvalue weighted by Crippen LogP contribution is -2.04. The van der Waals surface area contributed by atoms with Crippen LogP contribution >= 0.6 is 0 Å². The number of benzene rings is 5. The van der Waals surface area contributed by atoms with E-state index in [9.17, 15) is 0 Å². The van der Waals surface area contributed by atoms with Crippen LogP contribution in [0.1, 0.15) is 83.7 Å². The summed E-state index contributed by atoms with van der Waals surface area (Å²) < 4.78 is 0. The molecule has 6 aromatic rings. The third-order valence-electron chi connectivity index (χ3n) is 7.93. The monoisotopic (exact) mass is 649 g/mol. The summed E-state index contributed by atoms with van der Waals surface area (Å²) in [5, 5.41) is 0. The van der Waals surface area contributed by atoms with Crippen LogP contribution in [-0.2, 0) is 0 Å². The molecule has 0 saturated carbocycles. The maximum absolute atomic E-state index is 5.12. The average Bonchev–Trinajstić information content (AvgIpc) is 3.11. The zero-order chi connectivity index (χ0) is 35.6. The smallest absolute Gasteiger partial charge is 0.132 e. The van der Waals surface area contributed by atoms with Crippen LogP contribution in [0.25, 0.3) is 0 Å². The summed E-state index contributed by atoms with van der Waals surface area (Å²) in [4.78, 5) is 5.12. The maximum Gasteiger partial charge on any atom is 0.132 e. The van der Waals surface area contributed by atoms with Gasteiger partial charge in [0.05, 0.1) is 16.7 Å². The number of nitrogens with zero attached hydrogens (tertiary/aromatic N) is 1. The van der Waals surface area contributed by atoms with Crippen molar-refractivity contribution in [2.45, 2.75) is 34.6 Å². The lowest BCUT2D eigenvalue weighted by atomic mass is 9.96. The van der Waals surface area contributed by atoms with Gasteiger partial charge in [-0.05, 0) is 135 Å². The third-order valence-corrected chi connectivity index (χ3v) is 7.93. The Morgan fingerprint density at radius 2 is 0.549 bits per heavy atom. The molecule has 0 aliphatic carbocycles. The van der Waals surface area contributed by atoms with E-state index in [-0.39, 0.29) is 0 Å². The van der Waals surface area contributed by atoms with Crippen molar-refractivity contribution in [3.63, 3.8) is 0 Å². The first-order valence-corrected chi connectivity index (χ1v) is 16.8. The Kier molecular flexibility index (Phi) is 10.6. The van der Waals surface area contributed by atoms with Crippen LogP contribution in [-0.4, -0.2) is 4.98 Å². The van der Waals surface area contributed by atoms with E-state index in [1.807, 2.05) is 60.7 Å². The van der Waals surface area contributed by atoms with Crippen LogP contribution < -0.4 is 0 Å². The molecule has 0 atom stereocenters. The van der Waals surface area contributed by atoms with Gasteiger partial charge >= 0.3 is 0 Å². The molecular formula is C50H35N. The highest BCUT2D eigenvalue weighted by molar-refractivity contribution is 5.70. The fourth-order valence-electron chi connectivity index (χ4n) is 5.42. The third kappa shape index (κ3) is 9.36. The Morgan fingerprint density at radius 3 is 0.824 bits per heavy atom. The first kappa shape index (κ1) is 33.9. The summed E-state index contributed by atoms with van der Waals surface area (Å²) >= 11 is 0. The molecule has 1 nitrogen and oxygen atoms in total. The molecule has 1 aromatic heterocycles. The van der Waals surface area contributed by atoms with Gasteiger partial charge in [-0.25, -0.2) is 4.98 Å². The molecule has 6 rings (SSSR count). The SMILES string of the molecule is Cc1cccc(C#Cc2nc(C#Cc3cccc(C)c3)c(C#Cc3cccc(C)c3)c(C#Cc3cccc(C)c3)c2C#Cc2cccc(C)c2)c1. The number of hydrogen-bond acceptors (Lipinski definition) is 1. The van der Waals surface area contributed by atoms with Gasteiger partial charge in [0.15, 0.2) is 0 Å². The van der Waals surface area contributed by atoms with E-state index in [1.165, 1.54) is 0 Å². The molecule has 0 aliphatic heterocycles. The van der Waals surface area contributed by atoms with Crippen molar-refractivity contribution in [1.29, 1.82) is 0 Å². The Labute approximate surface area is 302 Å². The van der Waals surface area contributed by atoms with E-state index in [1.54, 1.807) is 0 Å². The standard InChI is InChI=1S/C50H35N/c1-36-11-6-16-41(31-36)21-26-46-47(27-22-42-17-7-12-37(2)32-42)49(29-24-44-19-9-14-39(4)34-44)51-50(30-25-45-20-10-15-40(5)35-45)48(46)28-23-43-18-8-13-38(3)33-43/h6-20,31-35H,1-5H3. The predicted molar refractivity (Wildman–Crippen MR) is 210 cm³/mol. The molecule has 1 heterocycles. The van der Waals surface area contributed by atoms with Gasteiger partial charge < -0.3 is 0 Å². The minimum absolute atomic E-state index is 0.500. The van der Waals surface area contributed by atoms with Gasteiger partial charge in [0.25, 0.3) is 0 Å². The van der Waals surface area contributed by atoms with E-state index in [2.05, 4.69) is 154 Å². The molecule has 51 heavy (non-hydrogen) atoms. The highest BCUT2D eigenvalue weighted by atomic mass is 14.7. The molecule has 1 heteroatoms. The second-order valence-corrected chi connectivity index (χ2v) is 12.5. The van der Waals surface area contributed by atoms with E-state index >= 15 is 0 Å². The number of rotatable bonds is 0. The summed E-state index contributed by atoms with van der Waals surface area (Å²) in [6.07, 6.45) is 0. The molecule has 0 aliphatic rings. The normalized spacial score (nSPS) is 9.67. The Balaban J connectivity index is 1.70. The minimum Gasteiger partial charge on any atom is -0.228 e. The Bertz CT molecular complexity index is 2460. The molecule has 0 unspecified atom stereocenters. The van der Waals surface area contributed by atoms with Crippen LogP contribution in [0.4, 0.5) is 0 Å². The zero-order valence-electron chi connectivity index (χ0n) is 29.5. The van der Waals surface area contributed by atoms with Gasteiger partial charge in [-0.15, -0.1) is 0 Å². The molecule has 5 aromatic carbocycles. The average molecular weight is 650 g/mol. The highest BCUT2D eigenvalue weighted by Gasteiger charge is 2.16. The number of aromatic nitrogens is 1. The lowest BCUT2D eigenvalue weighted by molar-refractivity contribution is 1.21. The molecule has 240 valence electrons. The van der Waals surface area contributed by atoms with Gasteiger partial charge in [-0.2, -0.15) is 0 Å². The first-order valence-electron chi connectivity index (χ1n) is 16.8. The van der Waals surface area contributed by atoms with Crippen molar-refractivity contribution in [3.05, 3.63) is 205 Å². The van der Waals surface area contributed by atoms with Crippen molar-refractivity contribution in [2.75, 3.05) is 0 Å². The van der Waals surface area contributed by atoms with Crippen molar-refractivity contribution >= 4 is 0 Å². The van der Waals surface area contributed by atoms with E-state index in [0.717, 1.165) is 55.6 Å². The van der Waals surface area contributed by atoms with Crippen LogP contribution in [0.2, 0.25) is 0 Å². The number of aryl methyl sites for hydroxylation is 5. The quantitative estimate of drug-likeness (QED) is 0.149. The van der Waals surface area contributed by atoms with Crippen LogP contribution in [0.15, 0.2) is 121 Å². The van der Waals surface area contributed by atoms with Crippen LogP contribution in [0, 0.1) is 93.8 Å². The summed E-state index contributed by atoms with van der Waals surface area (Å²) in [5.74, 6) is 33.9. The predicted octanol–water partition coefficient (Wildman–Crippen LogP) is 9.62. The summed E-state index contributed by atoms with van der Waals surface area (Å²) in [6.45, 7) is 10.3. The van der Waals surface area contributed by atoms with Crippen molar-refractivity contribution in [3.8, 4) is 59.2 Å². The minimum atomic E-state index is 0.500. The summed E-state index contributed by atoms with van der Waals surface area (Å²) in [6, 6.07) is 40.7. The molecule has 0 amide bonds. The molecule has 0 fully saturated rings. The van der Waals surface area contributed by atoms with E-state index in [0.29, 0.717) is 28.1 Å². The van der Waals surface area contributed by atoms with E-state index in [4.69, 9.17) is 4.98 Å². The maximum atomic E-state index is 5.12. The molecule has 0 radical (unpaired) electrons. The molecular weight excluding hydrogens is 615 g/mol. The largest absolute Gasteiger partial charge is 0.228 e. The highest BCUT2D eigenvalue weighted by Crippen LogP contribution is 2.21. The Morgan fingerprint density at radius 1 is 0.294 bits per heavy atom. The molecule has 0 bridgehead atoms. The van der Waals surface area contributed by atoms with Crippen molar-refractivity contribution in [1.82, 2.24) is 4.98 Å². The molecule has 0 spiro atoms. The van der Waals surface area contributed by atoms with Gasteiger partial charge in [0.2, 0.25) is 0 Å². The van der Waals surface area contributed by atoms with Crippen LogP contribution in [0.5, 0.6) is 0 Å². The van der Waals surface area contributed by atoms with E-state index < -0.39 is 0 Å². The summed E-state index contributed by atoms with van der Waals surface area (Å²) in [5.41, 5.74) is 13.0. The van der Waals surface area contributed by atoms with Gasteiger partial charge in [0.1, 0.15) is 11.4 Å². The topological polar surface area (TPSA) is 12.9 Å². The Hall–Kier alpha value is -6.95. The van der Waals surface area contributed by atoms with Gasteiger partial charge in [-0.3, -0.25) is 0 Å². The lowest BCUT2D eigenvalue weighted by Gasteiger charge is -2.08. The number of pyridine rings is 1. The molecule has 0 saturated heterocycles. The van der Waals surface area contributed by atoms with Crippen molar-refractivity contribution < 1.29 is 0 Å². The zero-order valence-corrected chi connectivity index (χ0v) is 29.5. The van der Waals surface area contributed by atoms with Gasteiger partial charge in [0, 0.05) is 27.8 Å². The van der Waals surface area contributed by atoms with Crippen LogP contribution in [0.3, 0.4) is 0 Å². The molecule has 0 N–H and O–H groups in total. The second-order valence-electron chi connectivity index (χ2n) is 12.5. The fraction of sp³-hybridized carbons (Fsp3) is 0.100. The number of hydrogen-bond donors (Lipinski definition) is 0. The van der Waals surface area contributed by atoms with Crippen molar-refractivity contribution in [2.24, 2.45) is 0 Å². The summed E-state index contributed by atoms with van der Waals surface area (Å²) in [7, 11) is 0. The fourth-order valence-corrected chi connectivity index (χ4v) is 5.42.